The van der Waals surface area contributed by atoms with E-state index in [9.17, 15) is 5.11 Å². The summed E-state index contributed by atoms with van der Waals surface area (Å²) >= 11 is 0. The number of anilines is 1. The van der Waals surface area contributed by atoms with E-state index in [2.05, 4.69) is 23.1 Å². The smallest absolute Gasteiger partial charge is 0.124 e. The molecule has 1 aliphatic heterocycles. The average Bonchev–Trinajstić information content (AvgIpc) is 2.69. The molecule has 0 radical (unpaired) electrons. The molecule has 3 heteroatoms. The van der Waals surface area contributed by atoms with Crippen molar-refractivity contribution in [2.75, 3.05) is 18.1 Å². The first kappa shape index (κ1) is 13.0. The highest BCUT2D eigenvalue weighted by molar-refractivity contribution is 5.50. The summed E-state index contributed by atoms with van der Waals surface area (Å²) in [4.78, 5) is 2.30. The predicted molar refractivity (Wildman–Crippen MR) is 80.1 cm³/mol. The van der Waals surface area contributed by atoms with Crippen molar-refractivity contribution in [2.24, 2.45) is 0 Å². The van der Waals surface area contributed by atoms with Gasteiger partial charge in [-0.3, -0.25) is 0 Å². The van der Waals surface area contributed by atoms with Crippen molar-refractivity contribution in [1.82, 2.24) is 0 Å². The lowest BCUT2D eigenvalue weighted by molar-refractivity contribution is 0.199. The second kappa shape index (κ2) is 5.55. The van der Waals surface area contributed by atoms with Crippen LogP contribution in [0.25, 0.3) is 0 Å². The number of nitrogens with zero attached hydrogens (tertiary/aromatic N) is 1. The number of aliphatic hydroxyl groups excluding tert-OH is 1. The lowest BCUT2D eigenvalue weighted by Gasteiger charge is -2.22. The molecule has 1 aliphatic rings. The summed E-state index contributed by atoms with van der Waals surface area (Å²) in [5.41, 5.74) is 3.32. The van der Waals surface area contributed by atoms with Gasteiger partial charge in [-0.15, -0.1) is 0 Å². The molecule has 1 atom stereocenters. The molecule has 3 nitrogen and oxygen atoms in total. The minimum atomic E-state index is -0.419. The molecule has 0 fully saturated rings. The molecule has 0 amide bonds. The molecule has 0 bridgehead atoms. The van der Waals surface area contributed by atoms with Crippen LogP contribution >= 0.6 is 0 Å². The van der Waals surface area contributed by atoms with Crippen molar-refractivity contribution in [3.63, 3.8) is 0 Å². The Morgan fingerprint density at radius 2 is 1.85 bits per heavy atom. The topological polar surface area (TPSA) is 32.7 Å². The molecule has 0 saturated carbocycles. The molecule has 104 valence electrons. The maximum absolute atomic E-state index is 9.57. The van der Waals surface area contributed by atoms with E-state index in [0.29, 0.717) is 6.61 Å². The largest absolute Gasteiger partial charge is 0.491 e. The zero-order chi connectivity index (χ0) is 13.9. The Kier molecular flexibility index (Phi) is 3.61. The highest BCUT2D eigenvalue weighted by Crippen LogP contribution is 2.26. The van der Waals surface area contributed by atoms with Crippen LogP contribution in [0.2, 0.25) is 0 Å². The van der Waals surface area contributed by atoms with Gasteiger partial charge in [0.2, 0.25) is 0 Å². The Hall–Kier alpha value is -2.00. The van der Waals surface area contributed by atoms with E-state index in [-0.39, 0.29) is 0 Å². The van der Waals surface area contributed by atoms with Crippen LogP contribution in [-0.4, -0.2) is 18.3 Å². The summed E-state index contributed by atoms with van der Waals surface area (Å²) in [7, 11) is 0. The lowest BCUT2D eigenvalue weighted by atomic mass is 10.1. The fraction of sp³-hybridized carbons (Fsp3) is 0.294. The Bertz CT molecular complexity index is 578. The number of fused-ring (bicyclic) bond motifs is 1. The van der Waals surface area contributed by atoms with Crippen LogP contribution in [0.1, 0.15) is 24.2 Å². The SMILES string of the molecule is C[C@H](O)c1ccc(N2CCOc3ccccc3C2)cc1. The summed E-state index contributed by atoms with van der Waals surface area (Å²) in [5.74, 6) is 0.982. The summed E-state index contributed by atoms with van der Waals surface area (Å²) in [6, 6.07) is 16.3. The van der Waals surface area contributed by atoms with Gasteiger partial charge >= 0.3 is 0 Å². The summed E-state index contributed by atoms with van der Waals surface area (Å²) < 4.78 is 5.78. The monoisotopic (exact) mass is 269 g/mol. The van der Waals surface area contributed by atoms with E-state index < -0.39 is 6.10 Å². The first-order valence-corrected chi connectivity index (χ1v) is 6.98. The predicted octanol–water partition coefficient (Wildman–Crippen LogP) is 3.14. The van der Waals surface area contributed by atoms with Crippen molar-refractivity contribution in [1.29, 1.82) is 0 Å². The molecular weight excluding hydrogens is 250 g/mol. The van der Waals surface area contributed by atoms with Crippen LogP contribution in [0.15, 0.2) is 48.5 Å². The Morgan fingerprint density at radius 1 is 1.10 bits per heavy atom. The Morgan fingerprint density at radius 3 is 2.60 bits per heavy atom. The van der Waals surface area contributed by atoms with Crippen LogP contribution in [0.5, 0.6) is 5.75 Å². The zero-order valence-corrected chi connectivity index (χ0v) is 11.6. The molecule has 0 spiro atoms. The van der Waals surface area contributed by atoms with Gasteiger partial charge in [-0.25, -0.2) is 0 Å². The van der Waals surface area contributed by atoms with Crippen LogP contribution in [0.3, 0.4) is 0 Å². The highest BCUT2D eigenvalue weighted by Gasteiger charge is 2.15. The van der Waals surface area contributed by atoms with Gasteiger partial charge in [0.25, 0.3) is 0 Å². The first-order valence-electron chi connectivity index (χ1n) is 6.98. The molecule has 20 heavy (non-hydrogen) atoms. The second-order valence-corrected chi connectivity index (χ2v) is 5.15. The highest BCUT2D eigenvalue weighted by atomic mass is 16.5. The van der Waals surface area contributed by atoms with Crippen molar-refractivity contribution in [3.8, 4) is 5.75 Å². The normalized spacial score (nSPS) is 16.0. The molecule has 1 heterocycles. The third kappa shape index (κ3) is 2.63. The van der Waals surface area contributed by atoms with Crippen LogP contribution in [0.4, 0.5) is 5.69 Å². The standard InChI is InChI=1S/C17H19NO2/c1-13(19)14-6-8-16(9-7-14)18-10-11-20-17-5-3-2-4-15(17)12-18/h2-9,13,19H,10-12H2,1H3/t13-/m0/s1. The van der Waals surface area contributed by atoms with Gasteiger partial charge in [-0.2, -0.15) is 0 Å². The molecule has 1 N–H and O–H groups in total. The Labute approximate surface area is 119 Å². The fourth-order valence-corrected chi connectivity index (χ4v) is 2.51. The van der Waals surface area contributed by atoms with Gasteiger partial charge in [-0.1, -0.05) is 30.3 Å². The minimum absolute atomic E-state index is 0.419. The van der Waals surface area contributed by atoms with Gasteiger partial charge < -0.3 is 14.7 Å². The van der Waals surface area contributed by atoms with E-state index in [1.807, 2.05) is 30.3 Å². The molecule has 0 unspecified atom stereocenters. The third-order valence-corrected chi connectivity index (χ3v) is 3.69. The van der Waals surface area contributed by atoms with Gasteiger partial charge in [0.1, 0.15) is 12.4 Å². The second-order valence-electron chi connectivity index (χ2n) is 5.15. The van der Waals surface area contributed by atoms with Crippen LogP contribution in [0, 0.1) is 0 Å². The number of para-hydroxylation sites is 1. The van der Waals surface area contributed by atoms with Gasteiger partial charge in [0.15, 0.2) is 0 Å². The number of benzene rings is 2. The van der Waals surface area contributed by atoms with Crippen molar-refractivity contribution < 1.29 is 9.84 Å². The van der Waals surface area contributed by atoms with Crippen molar-refractivity contribution >= 4 is 5.69 Å². The number of hydrogen-bond donors (Lipinski definition) is 1. The zero-order valence-electron chi connectivity index (χ0n) is 11.6. The maximum Gasteiger partial charge on any atom is 0.124 e. The molecule has 3 rings (SSSR count). The molecule has 0 aromatic heterocycles. The van der Waals surface area contributed by atoms with E-state index >= 15 is 0 Å². The number of rotatable bonds is 2. The number of aliphatic hydroxyl groups is 1. The molecule has 2 aromatic carbocycles. The average molecular weight is 269 g/mol. The van der Waals surface area contributed by atoms with E-state index in [1.54, 1.807) is 6.92 Å². The summed E-state index contributed by atoms with van der Waals surface area (Å²) in [5, 5.41) is 9.57. The summed E-state index contributed by atoms with van der Waals surface area (Å²) in [6.45, 7) is 4.19. The Balaban J connectivity index is 1.84. The quantitative estimate of drug-likeness (QED) is 0.909. The molecule has 0 aliphatic carbocycles. The molecule has 2 aromatic rings. The third-order valence-electron chi connectivity index (χ3n) is 3.69. The lowest BCUT2D eigenvalue weighted by Crippen LogP contribution is -2.25. The van der Waals surface area contributed by atoms with Crippen molar-refractivity contribution in [2.45, 2.75) is 19.6 Å². The number of hydrogen-bond acceptors (Lipinski definition) is 3. The van der Waals surface area contributed by atoms with Crippen molar-refractivity contribution in [3.05, 3.63) is 59.7 Å². The van der Waals surface area contributed by atoms with Gasteiger partial charge in [-0.05, 0) is 30.7 Å². The summed E-state index contributed by atoms with van der Waals surface area (Å²) in [6.07, 6.45) is -0.419. The van der Waals surface area contributed by atoms with E-state index in [0.717, 1.165) is 30.1 Å². The maximum atomic E-state index is 9.57. The fourth-order valence-electron chi connectivity index (χ4n) is 2.51. The van der Waals surface area contributed by atoms with E-state index in [1.165, 1.54) is 5.56 Å². The molecular formula is C17H19NO2. The van der Waals surface area contributed by atoms with Gasteiger partial charge in [0.05, 0.1) is 12.6 Å². The van der Waals surface area contributed by atoms with Crippen LogP contribution in [-0.2, 0) is 6.54 Å². The van der Waals surface area contributed by atoms with E-state index in [4.69, 9.17) is 4.74 Å². The first-order chi connectivity index (χ1) is 9.74. The number of ether oxygens (including phenoxy) is 1. The molecule has 0 saturated heterocycles. The van der Waals surface area contributed by atoms with Crippen LogP contribution < -0.4 is 9.64 Å². The van der Waals surface area contributed by atoms with Gasteiger partial charge in [0, 0.05) is 17.8 Å². The minimum Gasteiger partial charge on any atom is -0.491 e.